The summed E-state index contributed by atoms with van der Waals surface area (Å²) >= 11 is 5.69. The summed E-state index contributed by atoms with van der Waals surface area (Å²) in [7, 11) is 0. The molecule has 0 aliphatic carbocycles. The highest BCUT2D eigenvalue weighted by Gasteiger charge is 2.06. The third kappa shape index (κ3) is 1.65. The van der Waals surface area contributed by atoms with E-state index >= 15 is 0 Å². The molecule has 1 N–H and O–H groups in total. The molecule has 2 rings (SSSR count). The van der Waals surface area contributed by atoms with Crippen molar-refractivity contribution in [3.8, 4) is 0 Å². The Morgan fingerprint density at radius 3 is 2.75 bits per heavy atom. The molecule has 1 aromatic heterocycles. The number of nitrogens with zero attached hydrogens (tertiary/aromatic N) is 1. The molecule has 0 atom stereocenters. The van der Waals surface area contributed by atoms with E-state index < -0.39 is 0 Å². The van der Waals surface area contributed by atoms with Gasteiger partial charge in [0, 0.05) is 12.4 Å². The van der Waals surface area contributed by atoms with Crippen molar-refractivity contribution in [3.63, 3.8) is 0 Å². The zero-order valence-electron chi connectivity index (χ0n) is 8.79. The number of nitrogens with one attached hydrogen (secondary N) is 1. The van der Waals surface area contributed by atoms with Crippen molar-refractivity contribution >= 4 is 22.5 Å². The summed E-state index contributed by atoms with van der Waals surface area (Å²) < 4.78 is 1.17. The summed E-state index contributed by atoms with van der Waals surface area (Å²) in [4.78, 5) is 26.1. The van der Waals surface area contributed by atoms with Gasteiger partial charge >= 0.3 is 5.69 Å². The summed E-state index contributed by atoms with van der Waals surface area (Å²) in [5.41, 5.74) is 0.769. The molecule has 0 saturated heterocycles. The normalized spacial score (nSPS) is 10.9. The van der Waals surface area contributed by atoms with Gasteiger partial charge in [-0.1, -0.05) is 6.07 Å². The van der Waals surface area contributed by atoms with Crippen LogP contribution in [-0.2, 0) is 12.4 Å². The third-order valence-electron chi connectivity index (χ3n) is 2.52. The fourth-order valence-electron chi connectivity index (χ4n) is 1.67. The fraction of sp³-hybridized carbons (Fsp3) is 0.273. The van der Waals surface area contributed by atoms with E-state index in [4.69, 9.17) is 11.6 Å². The number of hydrogen-bond donors (Lipinski definition) is 1. The van der Waals surface area contributed by atoms with E-state index in [1.807, 2.05) is 0 Å². The summed E-state index contributed by atoms with van der Waals surface area (Å²) in [5.74, 6) is 0.356. The Kier molecular flexibility index (Phi) is 2.83. The molecule has 0 bridgehead atoms. The van der Waals surface area contributed by atoms with Crippen molar-refractivity contribution in [1.29, 1.82) is 0 Å². The lowest BCUT2D eigenvalue weighted by Gasteiger charge is -2.04. The Morgan fingerprint density at radius 2 is 2.12 bits per heavy atom. The molecule has 0 unspecified atom stereocenters. The van der Waals surface area contributed by atoms with Gasteiger partial charge in [-0.2, -0.15) is 0 Å². The van der Waals surface area contributed by atoms with E-state index in [0.717, 1.165) is 5.56 Å². The van der Waals surface area contributed by atoms with E-state index in [2.05, 4.69) is 4.98 Å². The second-order valence-corrected chi connectivity index (χ2v) is 3.76. The molecule has 0 saturated carbocycles. The van der Waals surface area contributed by atoms with Crippen LogP contribution in [0, 0.1) is 0 Å². The molecule has 5 heteroatoms. The predicted molar refractivity (Wildman–Crippen MR) is 64.1 cm³/mol. The van der Waals surface area contributed by atoms with Crippen molar-refractivity contribution < 1.29 is 0 Å². The van der Waals surface area contributed by atoms with Crippen LogP contribution >= 0.6 is 11.6 Å². The summed E-state index contributed by atoms with van der Waals surface area (Å²) in [6, 6.07) is 5.21. The molecule has 0 aliphatic heterocycles. The summed E-state index contributed by atoms with van der Waals surface area (Å²) in [6.07, 6.45) is 0. The van der Waals surface area contributed by atoms with Gasteiger partial charge in [0.1, 0.15) is 0 Å². The standard InChI is InChI=1S/C11H11ClN2O2/c1-2-14-10(15)8-4-3-7(6-12)5-9(8)13-11(14)16/h3-5H,2,6H2,1H3,(H,13,16). The van der Waals surface area contributed by atoms with Gasteiger partial charge in [-0.15, -0.1) is 11.6 Å². The van der Waals surface area contributed by atoms with Crippen molar-refractivity contribution in [2.45, 2.75) is 19.3 Å². The van der Waals surface area contributed by atoms with Gasteiger partial charge in [0.05, 0.1) is 10.9 Å². The zero-order chi connectivity index (χ0) is 11.7. The number of fused-ring (bicyclic) bond motifs is 1. The van der Waals surface area contributed by atoms with Crippen LogP contribution in [0.5, 0.6) is 0 Å². The highest BCUT2D eigenvalue weighted by Crippen LogP contribution is 2.10. The number of hydrogen-bond acceptors (Lipinski definition) is 2. The lowest BCUT2D eigenvalue weighted by atomic mass is 10.2. The number of rotatable bonds is 2. The maximum atomic E-state index is 11.9. The van der Waals surface area contributed by atoms with Gasteiger partial charge in [0.25, 0.3) is 5.56 Å². The number of alkyl halides is 1. The molecule has 0 fully saturated rings. The molecule has 0 spiro atoms. The van der Waals surface area contributed by atoms with Gasteiger partial charge in [-0.25, -0.2) is 4.79 Å². The quantitative estimate of drug-likeness (QED) is 0.806. The molecule has 4 nitrogen and oxygen atoms in total. The third-order valence-corrected chi connectivity index (χ3v) is 2.83. The largest absolute Gasteiger partial charge is 0.328 e. The number of benzene rings is 1. The molecule has 0 amide bonds. The van der Waals surface area contributed by atoms with Crippen LogP contribution in [0.15, 0.2) is 27.8 Å². The number of halogens is 1. The monoisotopic (exact) mass is 238 g/mol. The average molecular weight is 239 g/mol. The first kappa shape index (κ1) is 11.0. The second-order valence-electron chi connectivity index (χ2n) is 3.49. The number of H-pyrrole nitrogens is 1. The lowest BCUT2D eigenvalue weighted by Crippen LogP contribution is -2.34. The number of aromatic amines is 1. The molecule has 84 valence electrons. The van der Waals surface area contributed by atoms with Crippen LogP contribution in [0.3, 0.4) is 0 Å². The van der Waals surface area contributed by atoms with Gasteiger partial charge in [-0.3, -0.25) is 9.36 Å². The molecule has 16 heavy (non-hydrogen) atoms. The maximum absolute atomic E-state index is 11.9. The molecular weight excluding hydrogens is 228 g/mol. The Bertz CT molecular complexity index is 642. The zero-order valence-corrected chi connectivity index (χ0v) is 9.54. The summed E-state index contributed by atoms with van der Waals surface area (Å²) in [5, 5.41) is 0.510. The molecule has 1 heterocycles. The van der Waals surface area contributed by atoms with E-state index in [9.17, 15) is 9.59 Å². The maximum Gasteiger partial charge on any atom is 0.328 e. The molecule has 0 aliphatic rings. The Hall–Kier alpha value is -1.55. The lowest BCUT2D eigenvalue weighted by molar-refractivity contribution is 0.684. The van der Waals surface area contributed by atoms with Crippen LogP contribution in [-0.4, -0.2) is 9.55 Å². The summed E-state index contributed by atoms with van der Waals surface area (Å²) in [6.45, 7) is 2.12. The minimum absolute atomic E-state index is 0.262. The van der Waals surface area contributed by atoms with E-state index in [1.165, 1.54) is 4.57 Å². The van der Waals surface area contributed by atoms with Crippen LogP contribution in [0.25, 0.3) is 10.9 Å². The van der Waals surface area contributed by atoms with Gasteiger partial charge < -0.3 is 4.98 Å². The van der Waals surface area contributed by atoms with Crippen molar-refractivity contribution in [2.75, 3.05) is 0 Å². The first-order valence-corrected chi connectivity index (χ1v) is 5.52. The second kappa shape index (κ2) is 4.14. The minimum Gasteiger partial charge on any atom is -0.307 e. The molecular formula is C11H11ClN2O2. The SMILES string of the molecule is CCn1c(=O)[nH]c2cc(CCl)ccc2c1=O. The van der Waals surface area contributed by atoms with Crippen molar-refractivity contribution in [3.05, 3.63) is 44.6 Å². The topological polar surface area (TPSA) is 54.9 Å². The average Bonchev–Trinajstić information content (AvgIpc) is 2.28. The van der Waals surface area contributed by atoms with Crippen LogP contribution < -0.4 is 11.2 Å². The van der Waals surface area contributed by atoms with Crippen LogP contribution in [0.4, 0.5) is 0 Å². The molecule has 2 aromatic rings. The van der Waals surface area contributed by atoms with Crippen molar-refractivity contribution in [1.82, 2.24) is 9.55 Å². The van der Waals surface area contributed by atoms with E-state index in [0.29, 0.717) is 23.3 Å². The highest BCUT2D eigenvalue weighted by atomic mass is 35.5. The molecule has 1 aromatic carbocycles. The van der Waals surface area contributed by atoms with E-state index in [-0.39, 0.29) is 11.2 Å². The fourth-order valence-corrected chi connectivity index (χ4v) is 1.84. The van der Waals surface area contributed by atoms with Gasteiger partial charge in [0.2, 0.25) is 0 Å². The van der Waals surface area contributed by atoms with Crippen LogP contribution in [0.1, 0.15) is 12.5 Å². The predicted octanol–water partition coefficient (Wildman–Crippen LogP) is 1.45. The molecule has 0 radical (unpaired) electrons. The Balaban J connectivity index is 2.87. The first-order valence-electron chi connectivity index (χ1n) is 4.99. The Labute approximate surface area is 96.5 Å². The highest BCUT2D eigenvalue weighted by molar-refractivity contribution is 6.17. The minimum atomic E-state index is -0.383. The van der Waals surface area contributed by atoms with E-state index in [1.54, 1.807) is 25.1 Å². The van der Waals surface area contributed by atoms with Gasteiger partial charge in [-0.05, 0) is 24.6 Å². The smallest absolute Gasteiger partial charge is 0.307 e. The van der Waals surface area contributed by atoms with Crippen LogP contribution in [0.2, 0.25) is 0 Å². The number of aromatic nitrogens is 2. The van der Waals surface area contributed by atoms with Gasteiger partial charge in [0.15, 0.2) is 0 Å². The van der Waals surface area contributed by atoms with Crippen molar-refractivity contribution in [2.24, 2.45) is 0 Å². The Morgan fingerprint density at radius 1 is 1.38 bits per heavy atom. The first-order chi connectivity index (χ1) is 7.67.